The van der Waals surface area contributed by atoms with E-state index >= 15 is 0 Å². The first-order valence-electron chi connectivity index (χ1n) is 3.09. The molecular formula is C6H6Cl2N2O2S. The Morgan fingerprint density at radius 3 is 2.23 bits per heavy atom. The molecule has 4 N–H and O–H groups in total. The average molecular weight is 241 g/mol. The summed E-state index contributed by atoms with van der Waals surface area (Å²) in [7, 11) is -3.87. The summed E-state index contributed by atoms with van der Waals surface area (Å²) < 4.78 is 21.9. The molecular weight excluding hydrogens is 235 g/mol. The van der Waals surface area contributed by atoms with Crippen LogP contribution in [0.1, 0.15) is 0 Å². The summed E-state index contributed by atoms with van der Waals surface area (Å²) in [6, 6.07) is 2.49. The van der Waals surface area contributed by atoms with Crippen molar-refractivity contribution in [3.05, 3.63) is 22.2 Å². The van der Waals surface area contributed by atoms with Gasteiger partial charge >= 0.3 is 0 Å². The number of halogens is 2. The molecule has 1 rings (SSSR count). The number of nitrogens with two attached hydrogens (primary N) is 2. The molecule has 0 saturated carbocycles. The summed E-state index contributed by atoms with van der Waals surface area (Å²) in [5.41, 5.74) is 5.30. The van der Waals surface area contributed by atoms with Crippen LogP contribution in [-0.4, -0.2) is 8.42 Å². The Bertz CT molecular complexity index is 444. The lowest BCUT2D eigenvalue weighted by Gasteiger charge is -2.05. The first-order chi connectivity index (χ1) is 5.82. The van der Waals surface area contributed by atoms with Gasteiger partial charge in [-0.05, 0) is 12.1 Å². The molecule has 1 aromatic rings. The van der Waals surface area contributed by atoms with E-state index in [1.807, 2.05) is 0 Å². The highest BCUT2D eigenvalue weighted by Gasteiger charge is 2.15. The fraction of sp³-hybridized carbons (Fsp3) is 0. The van der Waals surface area contributed by atoms with Gasteiger partial charge in [-0.15, -0.1) is 0 Å². The van der Waals surface area contributed by atoms with Gasteiger partial charge in [-0.2, -0.15) is 0 Å². The lowest BCUT2D eigenvalue weighted by molar-refractivity contribution is 0.598. The molecule has 0 aliphatic rings. The molecule has 72 valence electrons. The monoisotopic (exact) mass is 240 g/mol. The van der Waals surface area contributed by atoms with Gasteiger partial charge in [0.2, 0.25) is 10.0 Å². The standard InChI is InChI=1S/C6H6Cl2N2O2S/c7-3-1-4(8)6(9)5(2-3)13(10,11)12/h1-2H,9H2,(H2,10,11,12). The van der Waals surface area contributed by atoms with Crippen molar-refractivity contribution in [2.24, 2.45) is 5.14 Å². The summed E-state index contributed by atoms with van der Waals surface area (Å²) in [5.74, 6) is 0. The van der Waals surface area contributed by atoms with Crippen LogP contribution in [0.5, 0.6) is 0 Å². The van der Waals surface area contributed by atoms with E-state index in [1.54, 1.807) is 0 Å². The number of benzene rings is 1. The molecule has 0 radical (unpaired) electrons. The van der Waals surface area contributed by atoms with Crippen molar-refractivity contribution >= 4 is 38.9 Å². The molecule has 0 aromatic heterocycles. The number of anilines is 1. The van der Waals surface area contributed by atoms with Crippen molar-refractivity contribution in [1.82, 2.24) is 0 Å². The van der Waals surface area contributed by atoms with E-state index in [0.29, 0.717) is 0 Å². The summed E-state index contributed by atoms with van der Waals surface area (Å²) in [5, 5.41) is 5.11. The summed E-state index contributed by atoms with van der Waals surface area (Å²) >= 11 is 11.2. The van der Waals surface area contributed by atoms with Crippen molar-refractivity contribution < 1.29 is 8.42 Å². The third kappa shape index (κ3) is 2.25. The van der Waals surface area contributed by atoms with E-state index in [4.69, 9.17) is 34.1 Å². The minimum atomic E-state index is -3.87. The summed E-state index contributed by atoms with van der Waals surface area (Å²) in [6.45, 7) is 0. The van der Waals surface area contributed by atoms with Crippen LogP contribution >= 0.6 is 23.2 Å². The third-order valence-electron chi connectivity index (χ3n) is 1.36. The van der Waals surface area contributed by atoms with Crippen LogP contribution in [-0.2, 0) is 10.0 Å². The predicted octanol–water partition coefficient (Wildman–Crippen LogP) is 1.22. The molecule has 0 fully saturated rings. The number of nitrogen functional groups attached to an aromatic ring is 1. The van der Waals surface area contributed by atoms with Crippen LogP contribution in [0, 0.1) is 0 Å². The second-order valence-corrected chi connectivity index (χ2v) is 4.72. The van der Waals surface area contributed by atoms with Crippen LogP contribution in [0.25, 0.3) is 0 Å². The van der Waals surface area contributed by atoms with Gasteiger partial charge in [0.15, 0.2) is 0 Å². The van der Waals surface area contributed by atoms with E-state index in [0.717, 1.165) is 6.07 Å². The smallest absolute Gasteiger partial charge is 0.240 e. The highest BCUT2D eigenvalue weighted by Crippen LogP contribution is 2.29. The zero-order valence-corrected chi connectivity index (χ0v) is 8.62. The van der Waals surface area contributed by atoms with Gasteiger partial charge < -0.3 is 5.73 Å². The van der Waals surface area contributed by atoms with Gasteiger partial charge in [-0.1, -0.05) is 23.2 Å². The molecule has 0 aliphatic heterocycles. The van der Waals surface area contributed by atoms with Gasteiger partial charge in [0.1, 0.15) is 4.90 Å². The van der Waals surface area contributed by atoms with Crippen molar-refractivity contribution in [2.45, 2.75) is 4.90 Å². The molecule has 0 saturated heterocycles. The maximum Gasteiger partial charge on any atom is 0.240 e. The lowest BCUT2D eigenvalue weighted by Crippen LogP contribution is -2.14. The highest BCUT2D eigenvalue weighted by atomic mass is 35.5. The second-order valence-electron chi connectivity index (χ2n) is 2.34. The Kier molecular flexibility index (Phi) is 2.72. The van der Waals surface area contributed by atoms with E-state index in [-0.39, 0.29) is 20.6 Å². The first kappa shape index (κ1) is 10.6. The number of rotatable bonds is 1. The molecule has 4 nitrogen and oxygen atoms in total. The second kappa shape index (κ2) is 3.34. The average Bonchev–Trinajstić information content (AvgIpc) is 1.94. The van der Waals surface area contributed by atoms with Gasteiger partial charge in [-0.25, -0.2) is 13.6 Å². The minimum absolute atomic E-state index is 0.0662. The number of primary sulfonamides is 1. The van der Waals surface area contributed by atoms with E-state index < -0.39 is 10.0 Å². The van der Waals surface area contributed by atoms with E-state index in [1.165, 1.54) is 6.07 Å². The van der Waals surface area contributed by atoms with Gasteiger partial charge in [-0.3, -0.25) is 0 Å². The molecule has 7 heteroatoms. The molecule has 0 unspecified atom stereocenters. The van der Waals surface area contributed by atoms with Crippen LogP contribution in [0.2, 0.25) is 10.0 Å². The Hall–Kier alpha value is -0.490. The van der Waals surface area contributed by atoms with Gasteiger partial charge in [0.05, 0.1) is 10.7 Å². The molecule has 1 aromatic carbocycles. The Labute approximate surface area is 85.5 Å². The zero-order chi connectivity index (χ0) is 10.2. The Balaban J connectivity index is 3.56. The number of sulfonamides is 1. The SMILES string of the molecule is Nc1c(Cl)cc(Cl)cc1S(N)(=O)=O. The zero-order valence-electron chi connectivity index (χ0n) is 6.29. The highest BCUT2D eigenvalue weighted by molar-refractivity contribution is 7.89. The van der Waals surface area contributed by atoms with Crippen molar-refractivity contribution in [3.8, 4) is 0 Å². The first-order valence-corrected chi connectivity index (χ1v) is 5.40. The van der Waals surface area contributed by atoms with Crippen LogP contribution in [0.15, 0.2) is 17.0 Å². The Morgan fingerprint density at radius 1 is 1.23 bits per heavy atom. The van der Waals surface area contributed by atoms with E-state index in [2.05, 4.69) is 0 Å². The molecule has 0 heterocycles. The fourth-order valence-corrected chi connectivity index (χ4v) is 2.12. The molecule has 0 aliphatic carbocycles. The maximum atomic E-state index is 10.9. The molecule has 0 spiro atoms. The van der Waals surface area contributed by atoms with Crippen molar-refractivity contribution in [3.63, 3.8) is 0 Å². The third-order valence-corrected chi connectivity index (χ3v) is 2.84. The van der Waals surface area contributed by atoms with Crippen molar-refractivity contribution in [1.29, 1.82) is 0 Å². The predicted molar refractivity (Wildman–Crippen MR) is 52.2 cm³/mol. The lowest BCUT2D eigenvalue weighted by atomic mass is 10.3. The van der Waals surface area contributed by atoms with Crippen LogP contribution < -0.4 is 10.9 Å². The van der Waals surface area contributed by atoms with Crippen LogP contribution in [0.3, 0.4) is 0 Å². The Morgan fingerprint density at radius 2 is 1.77 bits per heavy atom. The quantitative estimate of drug-likeness (QED) is 0.725. The molecule has 0 amide bonds. The van der Waals surface area contributed by atoms with Crippen LogP contribution in [0.4, 0.5) is 5.69 Å². The number of hydrogen-bond acceptors (Lipinski definition) is 3. The molecule has 13 heavy (non-hydrogen) atoms. The largest absolute Gasteiger partial charge is 0.396 e. The fourth-order valence-electron chi connectivity index (χ4n) is 0.797. The molecule has 0 bridgehead atoms. The van der Waals surface area contributed by atoms with Gasteiger partial charge in [0.25, 0.3) is 0 Å². The minimum Gasteiger partial charge on any atom is -0.396 e. The normalized spacial score (nSPS) is 11.6. The molecule has 0 atom stereocenters. The summed E-state index contributed by atoms with van der Waals surface area (Å²) in [6.07, 6.45) is 0. The van der Waals surface area contributed by atoms with Crippen molar-refractivity contribution in [2.75, 3.05) is 5.73 Å². The van der Waals surface area contributed by atoms with Gasteiger partial charge in [0, 0.05) is 5.02 Å². The topological polar surface area (TPSA) is 86.2 Å². The number of hydrogen-bond donors (Lipinski definition) is 2. The maximum absolute atomic E-state index is 10.9. The van der Waals surface area contributed by atoms with E-state index in [9.17, 15) is 8.42 Å². The summed E-state index contributed by atoms with van der Waals surface area (Å²) in [4.78, 5) is -0.259.